The Morgan fingerprint density at radius 1 is 1.07 bits per heavy atom. The third-order valence-corrected chi connectivity index (χ3v) is 6.45. The van der Waals surface area contributed by atoms with Gasteiger partial charge in [0.15, 0.2) is 0 Å². The number of amides is 1. The van der Waals surface area contributed by atoms with Crippen LogP contribution >= 0.6 is 0 Å². The summed E-state index contributed by atoms with van der Waals surface area (Å²) in [4.78, 5) is 13.0. The number of hydrogen-bond acceptors (Lipinski definition) is 2. The number of carbonyl (C=O) groups is 1. The molecule has 5 rings (SSSR count). The Hall–Kier alpha value is -2.85. The summed E-state index contributed by atoms with van der Waals surface area (Å²) in [5.74, 6) is 0.730. The molecular formula is C26H28N2O2. The summed E-state index contributed by atoms with van der Waals surface area (Å²) >= 11 is 0. The zero-order chi connectivity index (χ0) is 20.5. The SMILES string of the molecule is CC1CCc2c(cc(-c3ccccc3)n2-c2cccc(C3CN(C=O)CCO3)c2)C1. The lowest BCUT2D eigenvalue weighted by Gasteiger charge is -2.31. The Balaban J connectivity index is 1.59. The van der Waals surface area contributed by atoms with E-state index in [1.165, 1.54) is 34.6 Å². The highest BCUT2D eigenvalue weighted by molar-refractivity contribution is 5.66. The highest BCUT2D eigenvalue weighted by Crippen LogP contribution is 2.36. The van der Waals surface area contributed by atoms with E-state index < -0.39 is 0 Å². The largest absolute Gasteiger partial charge is 0.370 e. The maximum absolute atomic E-state index is 11.2. The van der Waals surface area contributed by atoms with Gasteiger partial charge in [0.1, 0.15) is 6.10 Å². The fourth-order valence-electron chi connectivity index (χ4n) is 4.86. The number of hydrogen-bond donors (Lipinski definition) is 0. The van der Waals surface area contributed by atoms with Crippen molar-refractivity contribution in [2.45, 2.75) is 32.3 Å². The fraction of sp³-hybridized carbons (Fsp3) is 0.346. The summed E-state index contributed by atoms with van der Waals surface area (Å²) < 4.78 is 8.45. The van der Waals surface area contributed by atoms with Crippen LogP contribution in [0.1, 0.15) is 36.3 Å². The predicted octanol–water partition coefficient (Wildman–Crippen LogP) is 4.80. The van der Waals surface area contributed by atoms with Crippen LogP contribution < -0.4 is 0 Å². The molecule has 0 spiro atoms. The van der Waals surface area contributed by atoms with E-state index in [4.69, 9.17) is 4.74 Å². The molecule has 2 atom stereocenters. The number of fused-ring (bicyclic) bond motifs is 1. The second-order valence-electron chi connectivity index (χ2n) is 8.61. The molecular weight excluding hydrogens is 372 g/mol. The second kappa shape index (κ2) is 8.11. The maximum Gasteiger partial charge on any atom is 0.209 e. The molecule has 4 nitrogen and oxygen atoms in total. The van der Waals surface area contributed by atoms with Crippen LogP contribution in [0.5, 0.6) is 0 Å². The van der Waals surface area contributed by atoms with Gasteiger partial charge < -0.3 is 14.2 Å². The van der Waals surface area contributed by atoms with Crippen LogP contribution in [0.25, 0.3) is 16.9 Å². The molecule has 1 saturated heterocycles. The normalized spacial score (nSPS) is 21.3. The summed E-state index contributed by atoms with van der Waals surface area (Å²) in [5, 5.41) is 0. The minimum Gasteiger partial charge on any atom is -0.370 e. The molecule has 1 amide bonds. The summed E-state index contributed by atoms with van der Waals surface area (Å²) in [6.45, 7) is 4.21. The first-order valence-electron chi connectivity index (χ1n) is 10.9. The highest BCUT2D eigenvalue weighted by atomic mass is 16.5. The van der Waals surface area contributed by atoms with Gasteiger partial charge in [-0.1, -0.05) is 49.4 Å². The minimum atomic E-state index is -0.0736. The average Bonchev–Trinajstić information content (AvgIpc) is 3.18. The van der Waals surface area contributed by atoms with Crippen LogP contribution in [0, 0.1) is 5.92 Å². The molecule has 2 aromatic carbocycles. The number of ether oxygens (including phenoxy) is 1. The molecule has 154 valence electrons. The number of carbonyl (C=O) groups excluding carboxylic acids is 1. The van der Waals surface area contributed by atoms with Crippen molar-refractivity contribution in [2.24, 2.45) is 5.92 Å². The van der Waals surface area contributed by atoms with E-state index in [1.807, 2.05) is 0 Å². The van der Waals surface area contributed by atoms with Gasteiger partial charge in [-0.15, -0.1) is 0 Å². The van der Waals surface area contributed by atoms with Gasteiger partial charge >= 0.3 is 0 Å². The summed E-state index contributed by atoms with van der Waals surface area (Å²) in [7, 11) is 0. The van der Waals surface area contributed by atoms with Crippen molar-refractivity contribution in [1.29, 1.82) is 0 Å². The van der Waals surface area contributed by atoms with E-state index in [1.54, 1.807) is 4.90 Å². The highest BCUT2D eigenvalue weighted by Gasteiger charge is 2.25. The van der Waals surface area contributed by atoms with E-state index in [2.05, 4.69) is 72.2 Å². The van der Waals surface area contributed by atoms with E-state index in [0.29, 0.717) is 19.7 Å². The quantitative estimate of drug-likeness (QED) is 0.590. The van der Waals surface area contributed by atoms with Crippen LogP contribution in [0.4, 0.5) is 0 Å². The van der Waals surface area contributed by atoms with Crippen molar-refractivity contribution in [3.8, 4) is 16.9 Å². The molecule has 0 radical (unpaired) electrons. The molecule has 4 heteroatoms. The van der Waals surface area contributed by atoms with Crippen LogP contribution in [-0.2, 0) is 22.4 Å². The lowest BCUT2D eigenvalue weighted by molar-refractivity contribution is -0.125. The Morgan fingerprint density at radius 3 is 2.77 bits per heavy atom. The maximum atomic E-state index is 11.2. The number of nitrogens with zero attached hydrogens (tertiary/aromatic N) is 2. The minimum absolute atomic E-state index is 0.0736. The molecule has 1 fully saturated rings. The van der Waals surface area contributed by atoms with Gasteiger partial charge in [-0.05, 0) is 60.1 Å². The molecule has 30 heavy (non-hydrogen) atoms. The van der Waals surface area contributed by atoms with Crippen molar-refractivity contribution in [3.63, 3.8) is 0 Å². The number of benzene rings is 2. The number of morpholine rings is 1. The Labute approximate surface area is 178 Å². The van der Waals surface area contributed by atoms with Gasteiger partial charge in [-0.25, -0.2) is 0 Å². The van der Waals surface area contributed by atoms with Gasteiger partial charge in [-0.2, -0.15) is 0 Å². The van der Waals surface area contributed by atoms with Gasteiger partial charge in [0.05, 0.1) is 18.8 Å². The van der Waals surface area contributed by atoms with Crippen molar-refractivity contribution in [2.75, 3.05) is 19.7 Å². The first kappa shape index (κ1) is 19.1. The van der Waals surface area contributed by atoms with E-state index in [0.717, 1.165) is 30.7 Å². The molecule has 1 aliphatic heterocycles. The molecule has 1 aromatic heterocycles. The first-order chi connectivity index (χ1) is 14.7. The molecule has 1 aliphatic carbocycles. The fourth-order valence-corrected chi connectivity index (χ4v) is 4.86. The van der Waals surface area contributed by atoms with Crippen LogP contribution in [0.15, 0.2) is 60.7 Å². The lowest BCUT2D eigenvalue weighted by Crippen LogP contribution is -2.37. The summed E-state index contributed by atoms with van der Waals surface area (Å²) in [5.41, 5.74) is 7.71. The van der Waals surface area contributed by atoms with Gasteiger partial charge in [-0.3, -0.25) is 4.79 Å². The van der Waals surface area contributed by atoms with Crippen LogP contribution in [0.2, 0.25) is 0 Å². The zero-order valence-electron chi connectivity index (χ0n) is 17.5. The molecule has 2 unspecified atom stereocenters. The van der Waals surface area contributed by atoms with Gasteiger partial charge in [0, 0.05) is 17.9 Å². The van der Waals surface area contributed by atoms with Crippen molar-refractivity contribution >= 4 is 6.41 Å². The molecule has 0 N–H and O–H groups in total. The molecule has 2 aliphatic rings. The Morgan fingerprint density at radius 2 is 1.93 bits per heavy atom. The van der Waals surface area contributed by atoms with Crippen molar-refractivity contribution < 1.29 is 9.53 Å². The topological polar surface area (TPSA) is 34.5 Å². The zero-order valence-corrected chi connectivity index (χ0v) is 17.5. The van der Waals surface area contributed by atoms with E-state index in [-0.39, 0.29) is 6.10 Å². The van der Waals surface area contributed by atoms with Crippen LogP contribution in [-0.4, -0.2) is 35.6 Å². The third-order valence-electron chi connectivity index (χ3n) is 6.45. The third kappa shape index (κ3) is 3.56. The summed E-state index contributed by atoms with van der Waals surface area (Å²) in [6.07, 6.45) is 4.32. The predicted molar refractivity (Wildman–Crippen MR) is 119 cm³/mol. The van der Waals surface area contributed by atoms with Gasteiger partial charge in [0.2, 0.25) is 6.41 Å². The lowest BCUT2D eigenvalue weighted by atomic mass is 9.89. The average molecular weight is 401 g/mol. The summed E-state index contributed by atoms with van der Waals surface area (Å²) in [6, 6.07) is 21.7. The van der Waals surface area contributed by atoms with E-state index >= 15 is 0 Å². The molecule has 0 saturated carbocycles. The second-order valence-corrected chi connectivity index (χ2v) is 8.61. The van der Waals surface area contributed by atoms with Crippen molar-refractivity contribution in [1.82, 2.24) is 9.47 Å². The van der Waals surface area contributed by atoms with Crippen molar-refractivity contribution in [3.05, 3.63) is 77.5 Å². The first-order valence-corrected chi connectivity index (χ1v) is 10.9. The molecule has 0 bridgehead atoms. The smallest absolute Gasteiger partial charge is 0.209 e. The molecule has 3 aromatic rings. The monoisotopic (exact) mass is 400 g/mol. The number of rotatable bonds is 4. The van der Waals surface area contributed by atoms with Crippen LogP contribution in [0.3, 0.4) is 0 Å². The number of aromatic nitrogens is 1. The Bertz CT molecular complexity index is 1040. The Kier molecular flexibility index (Phi) is 5.17. The van der Waals surface area contributed by atoms with E-state index in [9.17, 15) is 4.79 Å². The molecule has 2 heterocycles. The van der Waals surface area contributed by atoms with Gasteiger partial charge in [0.25, 0.3) is 0 Å². The standard InChI is InChI=1S/C26H28N2O2/c1-19-10-11-24-22(14-19)16-25(20-6-3-2-4-7-20)28(24)23-9-5-8-21(15-23)26-17-27(18-29)12-13-30-26/h2-9,15-16,18-19,26H,10-14,17H2,1H3.